The standard InChI is InChI=1S/C8H17NO/c1-2-3-7-4-5-8(6-9)10-7/h7-8H,2-6,9H2,1H3. The van der Waals surface area contributed by atoms with Crippen LogP contribution in [0.1, 0.15) is 32.6 Å². The van der Waals surface area contributed by atoms with E-state index in [0.717, 1.165) is 0 Å². The third-order valence-corrected chi connectivity index (χ3v) is 2.07. The van der Waals surface area contributed by atoms with Crippen LogP contribution in [-0.2, 0) is 4.74 Å². The maximum Gasteiger partial charge on any atom is 0.0702 e. The largest absolute Gasteiger partial charge is 0.374 e. The molecular formula is C8H17NO. The SMILES string of the molecule is CCCC1CCC(CN)O1. The molecule has 0 aliphatic carbocycles. The van der Waals surface area contributed by atoms with Crippen molar-refractivity contribution in [1.82, 2.24) is 0 Å². The molecule has 1 aliphatic rings. The second-order valence-electron chi connectivity index (χ2n) is 2.98. The molecule has 0 spiro atoms. The monoisotopic (exact) mass is 143 g/mol. The highest BCUT2D eigenvalue weighted by Crippen LogP contribution is 2.21. The van der Waals surface area contributed by atoms with Gasteiger partial charge in [-0.2, -0.15) is 0 Å². The molecule has 60 valence electrons. The summed E-state index contributed by atoms with van der Waals surface area (Å²) >= 11 is 0. The quantitative estimate of drug-likeness (QED) is 0.646. The highest BCUT2D eigenvalue weighted by molar-refractivity contribution is 4.73. The molecule has 1 aliphatic heterocycles. The van der Waals surface area contributed by atoms with Gasteiger partial charge in [-0.15, -0.1) is 0 Å². The van der Waals surface area contributed by atoms with E-state index in [0.29, 0.717) is 18.8 Å². The molecule has 0 bridgehead atoms. The van der Waals surface area contributed by atoms with Gasteiger partial charge in [-0.3, -0.25) is 0 Å². The van der Waals surface area contributed by atoms with Crippen molar-refractivity contribution in [2.45, 2.75) is 44.8 Å². The van der Waals surface area contributed by atoms with Crippen LogP contribution >= 0.6 is 0 Å². The van der Waals surface area contributed by atoms with Crippen molar-refractivity contribution in [3.8, 4) is 0 Å². The first kappa shape index (κ1) is 8.02. The first-order valence-corrected chi connectivity index (χ1v) is 4.22. The molecule has 2 unspecified atom stereocenters. The molecule has 10 heavy (non-hydrogen) atoms. The zero-order chi connectivity index (χ0) is 7.40. The molecule has 0 saturated carbocycles. The second kappa shape index (κ2) is 3.94. The summed E-state index contributed by atoms with van der Waals surface area (Å²) in [6.07, 6.45) is 5.69. The number of hydrogen-bond donors (Lipinski definition) is 1. The van der Waals surface area contributed by atoms with Crippen molar-refractivity contribution in [2.75, 3.05) is 6.54 Å². The smallest absolute Gasteiger partial charge is 0.0702 e. The van der Waals surface area contributed by atoms with Crippen LogP contribution in [0, 0.1) is 0 Å². The minimum absolute atomic E-state index is 0.358. The third kappa shape index (κ3) is 1.96. The van der Waals surface area contributed by atoms with Crippen molar-refractivity contribution < 1.29 is 4.74 Å². The van der Waals surface area contributed by atoms with Gasteiger partial charge >= 0.3 is 0 Å². The van der Waals surface area contributed by atoms with Gasteiger partial charge in [-0.25, -0.2) is 0 Å². The maximum atomic E-state index is 5.63. The van der Waals surface area contributed by atoms with Gasteiger partial charge in [0.15, 0.2) is 0 Å². The molecule has 0 aromatic heterocycles. The van der Waals surface area contributed by atoms with Crippen LogP contribution in [0.5, 0.6) is 0 Å². The molecule has 0 amide bonds. The van der Waals surface area contributed by atoms with Gasteiger partial charge in [0.05, 0.1) is 12.2 Å². The molecule has 0 aromatic carbocycles. The van der Waals surface area contributed by atoms with Crippen LogP contribution in [0.25, 0.3) is 0 Å². The summed E-state index contributed by atoms with van der Waals surface area (Å²) in [7, 11) is 0. The minimum Gasteiger partial charge on any atom is -0.374 e. The van der Waals surface area contributed by atoms with Crippen molar-refractivity contribution in [1.29, 1.82) is 0 Å². The van der Waals surface area contributed by atoms with Crippen LogP contribution in [0.2, 0.25) is 0 Å². The zero-order valence-corrected chi connectivity index (χ0v) is 6.68. The first-order chi connectivity index (χ1) is 4.86. The number of rotatable bonds is 3. The van der Waals surface area contributed by atoms with Gasteiger partial charge in [0.1, 0.15) is 0 Å². The Morgan fingerprint density at radius 2 is 2.10 bits per heavy atom. The molecule has 2 heteroatoms. The third-order valence-electron chi connectivity index (χ3n) is 2.07. The zero-order valence-electron chi connectivity index (χ0n) is 6.68. The van der Waals surface area contributed by atoms with Crippen LogP contribution in [0.15, 0.2) is 0 Å². The van der Waals surface area contributed by atoms with E-state index in [2.05, 4.69) is 6.92 Å². The lowest BCUT2D eigenvalue weighted by atomic mass is 10.1. The van der Waals surface area contributed by atoms with Gasteiger partial charge in [0.2, 0.25) is 0 Å². The van der Waals surface area contributed by atoms with Crippen molar-refractivity contribution in [3.63, 3.8) is 0 Å². The summed E-state index contributed by atoms with van der Waals surface area (Å²) in [4.78, 5) is 0. The van der Waals surface area contributed by atoms with E-state index in [1.54, 1.807) is 0 Å². The molecule has 0 radical (unpaired) electrons. The number of nitrogens with two attached hydrogens (primary N) is 1. The predicted molar refractivity (Wildman–Crippen MR) is 41.9 cm³/mol. The average Bonchev–Trinajstić information content (AvgIpc) is 2.37. The van der Waals surface area contributed by atoms with Gasteiger partial charge in [0, 0.05) is 6.54 Å². The summed E-state index contributed by atoms with van der Waals surface area (Å²) in [6.45, 7) is 2.89. The summed E-state index contributed by atoms with van der Waals surface area (Å²) < 4.78 is 5.63. The summed E-state index contributed by atoms with van der Waals surface area (Å²) in [5, 5.41) is 0. The minimum atomic E-state index is 0.358. The fourth-order valence-electron chi connectivity index (χ4n) is 1.49. The van der Waals surface area contributed by atoms with E-state index in [-0.39, 0.29) is 0 Å². The number of hydrogen-bond acceptors (Lipinski definition) is 2. The Morgan fingerprint density at radius 3 is 2.60 bits per heavy atom. The molecule has 0 aromatic rings. The van der Waals surface area contributed by atoms with Gasteiger partial charge in [0.25, 0.3) is 0 Å². The van der Waals surface area contributed by atoms with Gasteiger partial charge < -0.3 is 10.5 Å². The van der Waals surface area contributed by atoms with Gasteiger partial charge in [-0.05, 0) is 19.3 Å². The molecule has 1 saturated heterocycles. The van der Waals surface area contributed by atoms with E-state index in [9.17, 15) is 0 Å². The topological polar surface area (TPSA) is 35.2 Å². The lowest BCUT2D eigenvalue weighted by Gasteiger charge is -2.10. The maximum absolute atomic E-state index is 5.63. The second-order valence-corrected chi connectivity index (χ2v) is 2.98. The Bertz CT molecular complexity index is 95.3. The fourth-order valence-corrected chi connectivity index (χ4v) is 1.49. The fraction of sp³-hybridized carbons (Fsp3) is 1.00. The Morgan fingerprint density at radius 1 is 1.40 bits per heavy atom. The average molecular weight is 143 g/mol. The van der Waals surface area contributed by atoms with Crippen molar-refractivity contribution in [3.05, 3.63) is 0 Å². The highest BCUT2D eigenvalue weighted by Gasteiger charge is 2.22. The van der Waals surface area contributed by atoms with Crippen LogP contribution in [0.4, 0.5) is 0 Å². The molecule has 2 nitrogen and oxygen atoms in total. The Labute approximate surface area is 62.7 Å². The molecule has 2 atom stereocenters. The summed E-state index contributed by atoms with van der Waals surface area (Å²) in [5.41, 5.74) is 5.47. The van der Waals surface area contributed by atoms with Gasteiger partial charge in [-0.1, -0.05) is 13.3 Å². The van der Waals surface area contributed by atoms with Crippen LogP contribution in [0.3, 0.4) is 0 Å². The summed E-state index contributed by atoms with van der Waals surface area (Å²) in [6, 6.07) is 0. The first-order valence-electron chi connectivity index (χ1n) is 4.22. The van der Waals surface area contributed by atoms with E-state index in [4.69, 9.17) is 10.5 Å². The molecule has 1 fully saturated rings. The van der Waals surface area contributed by atoms with Crippen molar-refractivity contribution >= 4 is 0 Å². The van der Waals surface area contributed by atoms with Crippen LogP contribution in [-0.4, -0.2) is 18.8 Å². The molecular weight excluding hydrogens is 126 g/mol. The number of ether oxygens (including phenoxy) is 1. The Hall–Kier alpha value is -0.0800. The molecule has 2 N–H and O–H groups in total. The molecule has 1 heterocycles. The van der Waals surface area contributed by atoms with E-state index in [1.807, 2.05) is 0 Å². The summed E-state index contributed by atoms with van der Waals surface area (Å²) in [5.74, 6) is 0. The Kier molecular flexibility index (Phi) is 3.16. The van der Waals surface area contributed by atoms with E-state index < -0.39 is 0 Å². The lowest BCUT2D eigenvalue weighted by molar-refractivity contribution is 0.0452. The lowest BCUT2D eigenvalue weighted by Crippen LogP contribution is -2.20. The highest BCUT2D eigenvalue weighted by atomic mass is 16.5. The van der Waals surface area contributed by atoms with Crippen molar-refractivity contribution in [2.24, 2.45) is 5.73 Å². The van der Waals surface area contributed by atoms with E-state index in [1.165, 1.54) is 25.7 Å². The molecule has 1 rings (SSSR count). The van der Waals surface area contributed by atoms with E-state index >= 15 is 0 Å². The normalized spacial score (nSPS) is 33.0. The van der Waals surface area contributed by atoms with Crippen LogP contribution < -0.4 is 5.73 Å². The predicted octanol–water partition coefficient (Wildman–Crippen LogP) is 1.29. The Balaban J connectivity index is 2.15.